The molecular weight excluding hydrogens is 392 g/mol. The summed E-state index contributed by atoms with van der Waals surface area (Å²) in [4.78, 5) is 16.7. The molecule has 2 aromatic heterocycles. The van der Waals surface area contributed by atoms with Crippen LogP contribution in [0.1, 0.15) is 19.3 Å². The average molecular weight is 416 g/mol. The quantitative estimate of drug-likeness (QED) is 0.598. The van der Waals surface area contributed by atoms with E-state index in [0.717, 1.165) is 35.7 Å². The van der Waals surface area contributed by atoms with Crippen LogP contribution < -0.4 is 4.74 Å². The molecule has 2 aliphatic rings. The third-order valence-corrected chi connectivity index (χ3v) is 5.81. The number of hydrogen-bond acceptors (Lipinski definition) is 5. The lowest BCUT2D eigenvalue weighted by Crippen LogP contribution is -2.50. The van der Waals surface area contributed by atoms with Gasteiger partial charge in [0.05, 0.1) is 30.7 Å². The minimum absolute atomic E-state index is 0.0739. The smallest absolute Gasteiger partial charge is 0.260 e. The van der Waals surface area contributed by atoms with Crippen molar-refractivity contribution in [3.05, 3.63) is 47.3 Å². The number of aliphatic hydroxyl groups is 1. The predicted molar refractivity (Wildman–Crippen MR) is 112 cm³/mol. The van der Waals surface area contributed by atoms with E-state index in [1.54, 1.807) is 4.52 Å². The topological polar surface area (TPSA) is 76.2 Å². The van der Waals surface area contributed by atoms with Gasteiger partial charge in [-0.2, -0.15) is 0 Å². The summed E-state index contributed by atoms with van der Waals surface area (Å²) in [7, 11) is 2.26. The van der Waals surface area contributed by atoms with Crippen LogP contribution in [0, 0.1) is 0 Å². The monoisotopic (exact) mass is 415 g/mol. The normalized spacial score (nSPS) is 20.6. The molecule has 7 nitrogen and oxygen atoms in total. The summed E-state index contributed by atoms with van der Waals surface area (Å²) in [5, 5.41) is 14.2. The van der Waals surface area contributed by atoms with E-state index in [2.05, 4.69) is 17.1 Å². The number of ether oxygens (including phenoxy) is 1. The summed E-state index contributed by atoms with van der Waals surface area (Å²) < 4.78 is 8.71. The summed E-state index contributed by atoms with van der Waals surface area (Å²) in [5.41, 5.74) is 1.33. The highest BCUT2D eigenvalue weighted by atomic mass is 35.5. The second-order valence-electron chi connectivity index (χ2n) is 7.77. The zero-order valence-corrected chi connectivity index (χ0v) is 17.1. The van der Waals surface area contributed by atoms with Gasteiger partial charge in [0.2, 0.25) is 5.78 Å². The molecule has 4 rings (SSSR count). The van der Waals surface area contributed by atoms with Crippen LogP contribution >= 0.6 is 11.6 Å². The summed E-state index contributed by atoms with van der Waals surface area (Å²) in [5.74, 6) is -0.298. The fourth-order valence-corrected chi connectivity index (χ4v) is 3.93. The largest absolute Gasteiger partial charge is 0.506 e. The first kappa shape index (κ1) is 19.7. The van der Waals surface area contributed by atoms with Gasteiger partial charge in [0.25, 0.3) is 5.88 Å². The second-order valence-corrected chi connectivity index (χ2v) is 8.17. The predicted octanol–water partition coefficient (Wildman–Crippen LogP) is 3.56. The van der Waals surface area contributed by atoms with Gasteiger partial charge >= 0.3 is 0 Å². The van der Waals surface area contributed by atoms with E-state index in [0.29, 0.717) is 18.2 Å². The van der Waals surface area contributed by atoms with E-state index < -0.39 is 5.78 Å². The van der Waals surface area contributed by atoms with Crippen LogP contribution in [0.4, 0.5) is 5.69 Å². The van der Waals surface area contributed by atoms with Crippen molar-refractivity contribution in [3.63, 3.8) is 0 Å². The lowest BCUT2D eigenvalue weighted by atomic mass is 10.1. The third kappa shape index (κ3) is 4.21. The Balaban J connectivity index is 1.61. The highest BCUT2D eigenvalue weighted by Gasteiger charge is 2.25. The number of quaternary nitrogens is 1. The fraction of sp³-hybridized carbons (Fsp3) is 0.381. The Hall–Kier alpha value is -2.64. The van der Waals surface area contributed by atoms with Crippen LogP contribution in [0.2, 0.25) is 0 Å². The van der Waals surface area contributed by atoms with Crippen molar-refractivity contribution < 1.29 is 19.1 Å². The number of piperidine rings is 1. The Kier molecular flexibility index (Phi) is 5.43. The zero-order valence-electron chi connectivity index (χ0n) is 16.3. The van der Waals surface area contributed by atoms with E-state index in [4.69, 9.17) is 16.3 Å². The molecule has 1 N–H and O–H groups in total. The number of aliphatic imine (C=N–C) groups is 1. The molecule has 8 heteroatoms. The SMILES string of the molecule is C[N+]1(CCOc2nn3ccccc3c2N=C2C=C(Cl)C(O)=CC2=O)CCCCC1. The molecule has 0 spiro atoms. The Morgan fingerprint density at radius 3 is 2.86 bits per heavy atom. The first-order valence-corrected chi connectivity index (χ1v) is 10.2. The first-order valence-electron chi connectivity index (χ1n) is 9.80. The number of rotatable bonds is 5. The molecule has 0 radical (unpaired) electrons. The Bertz CT molecular complexity index is 1030. The lowest BCUT2D eigenvalue weighted by molar-refractivity contribution is -0.914. The first-order chi connectivity index (χ1) is 14.0. The number of aromatic nitrogens is 2. The van der Waals surface area contributed by atoms with Crippen molar-refractivity contribution in [2.24, 2.45) is 4.99 Å². The van der Waals surface area contributed by atoms with E-state index in [1.807, 2.05) is 24.4 Å². The van der Waals surface area contributed by atoms with Crippen molar-refractivity contribution in [1.82, 2.24) is 9.61 Å². The van der Waals surface area contributed by atoms with Crippen molar-refractivity contribution in [3.8, 4) is 5.88 Å². The summed E-state index contributed by atoms with van der Waals surface area (Å²) in [6, 6.07) is 5.61. The number of ketones is 1. The van der Waals surface area contributed by atoms with Crippen LogP contribution in [-0.4, -0.2) is 64.0 Å². The van der Waals surface area contributed by atoms with Gasteiger partial charge in [-0.25, -0.2) is 9.51 Å². The molecule has 0 aromatic carbocycles. The number of fused-ring (bicyclic) bond motifs is 1. The molecule has 1 saturated heterocycles. The van der Waals surface area contributed by atoms with Gasteiger partial charge in [0.15, 0.2) is 5.69 Å². The number of carbonyl (C=O) groups is 1. The van der Waals surface area contributed by atoms with Gasteiger partial charge < -0.3 is 14.3 Å². The fourth-order valence-electron chi connectivity index (χ4n) is 3.77. The number of halogens is 1. The van der Waals surface area contributed by atoms with Crippen LogP contribution in [0.5, 0.6) is 5.88 Å². The molecule has 0 unspecified atom stereocenters. The molecule has 0 saturated carbocycles. The van der Waals surface area contributed by atoms with Gasteiger partial charge in [0.1, 0.15) is 24.6 Å². The maximum absolute atomic E-state index is 12.2. The number of aliphatic hydroxyl groups excluding tert-OH is 1. The summed E-state index contributed by atoms with van der Waals surface area (Å²) in [6.07, 6.45) is 8.03. The molecule has 3 heterocycles. The third-order valence-electron chi connectivity index (χ3n) is 5.51. The van der Waals surface area contributed by atoms with E-state index in [9.17, 15) is 9.90 Å². The number of pyridine rings is 1. The second kappa shape index (κ2) is 8.00. The van der Waals surface area contributed by atoms with Crippen molar-refractivity contribution in [2.75, 3.05) is 33.3 Å². The van der Waals surface area contributed by atoms with Crippen LogP contribution in [0.25, 0.3) is 5.52 Å². The Labute approximate surface area is 174 Å². The van der Waals surface area contributed by atoms with Crippen molar-refractivity contribution >= 4 is 34.3 Å². The van der Waals surface area contributed by atoms with E-state index in [-0.39, 0.29) is 16.5 Å². The molecule has 152 valence electrons. The average Bonchev–Trinajstić information content (AvgIpc) is 3.04. The highest BCUT2D eigenvalue weighted by molar-refractivity contribution is 6.52. The van der Waals surface area contributed by atoms with Gasteiger partial charge in [-0.3, -0.25) is 4.79 Å². The number of likely N-dealkylation sites (N-methyl/N-ethyl adjacent to an activating group) is 1. The number of likely N-dealkylation sites (tertiary alicyclic amines) is 1. The van der Waals surface area contributed by atoms with Crippen molar-refractivity contribution in [1.29, 1.82) is 0 Å². The molecule has 0 amide bonds. The molecule has 0 bridgehead atoms. The standard InChI is InChI=1S/C21H23ClN4O3/c1-26(9-5-2-6-10-26)11-12-29-21-20(17-7-3-4-8-25(17)24-21)23-16-13-15(22)18(27)14-19(16)28/h3-4,7-8,13-14H,2,5-6,9-12H2,1H3/p+1. The van der Waals surface area contributed by atoms with Gasteiger partial charge in [-0.05, 0) is 37.5 Å². The lowest BCUT2D eigenvalue weighted by Gasteiger charge is -2.37. The summed E-state index contributed by atoms with van der Waals surface area (Å²) >= 11 is 5.97. The zero-order chi connectivity index (χ0) is 20.4. The maximum Gasteiger partial charge on any atom is 0.260 e. The maximum atomic E-state index is 12.2. The Morgan fingerprint density at radius 1 is 1.28 bits per heavy atom. The molecule has 2 aromatic rings. The molecule has 1 aliphatic carbocycles. The minimum atomic E-state index is -0.417. The van der Waals surface area contributed by atoms with Gasteiger partial charge in [-0.1, -0.05) is 17.7 Å². The van der Waals surface area contributed by atoms with Crippen LogP contribution in [-0.2, 0) is 4.79 Å². The molecular formula is C21H24ClN4O3+. The Morgan fingerprint density at radius 2 is 2.07 bits per heavy atom. The van der Waals surface area contributed by atoms with Gasteiger partial charge in [-0.15, -0.1) is 5.10 Å². The number of nitrogens with zero attached hydrogens (tertiary/aromatic N) is 4. The molecule has 1 aliphatic heterocycles. The number of hydrogen-bond donors (Lipinski definition) is 1. The van der Waals surface area contributed by atoms with Crippen LogP contribution in [0.15, 0.2) is 52.3 Å². The minimum Gasteiger partial charge on any atom is -0.506 e. The number of allylic oxidation sites excluding steroid dienone is 3. The van der Waals surface area contributed by atoms with Crippen LogP contribution in [0.3, 0.4) is 0 Å². The molecule has 1 fully saturated rings. The summed E-state index contributed by atoms with van der Waals surface area (Å²) in [6.45, 7) is 3.74. The van der Waals surface area contributed by atoms with Crippen molar-refractivity contribution in [2.45, 2.75) is 19.3 Å². The van der Waals surface area contributed by atoms with E-state index in [1.165, 1.54) is 25.3 Å². The van der Waals surface area contributed by atoms with E-state index >= 15 is 0 Å². The molecule has 29 heavy (non-hydrogen) atoms. The highest BCUT2D eigenvalue weighted by Crippen LogP contribution is 2.33. The molecule has 0 atom stereocenters. The number of carbonyl (C=O) groups excluding carboxylic acids is 1. The van der Waals surface area contributed by atoms with Gasteiger partial charge in [0, 0.05) is 12.3 Å².